The van der Waals surface area contributed by atoms with Crippen LogP contribution in [0.5, 0.6) is 5.75 Å². The number of rotatable bonds is 5. The molecule has 1 unspecified atom stereocenters. The van der Waals surface area contributed by atoms with Crippen molar-refractivity contribution >= 4 is 11.9 Å². The maximum atomic E-state index is 12.6. The Balaban J connectivity index is 1.24. The Bertz CT molecular complexity index is 1020. The van der Waals surface area contributed by atoms with Gasteiger partial charge in [-0.2, -0.15) is 0 Å². The summed E-state index contributed by atoms with van der Waals surface area (Å²) in [5.41, 5.74) is 3.68. The fourth-order valence-electron chi connectivity index (χ4n) is 5.48. The van der Waals surface area contributed by atoms with Crippen molar-refractivity contribution in [3.63, 3.8) is 0 Å². The van der Waals surface area contributed by atoms with Crippen LogP contribution < -0.4 is 4.74 Å². The van der Waals surface area contributed by atoms with E-state index < -0.39 is 5.97 Å². The topological polar surface area (TPSA) is 76.1 Å². The van der Waals surface area contributed by atoms with Crippen molar-refractivity contribution < 1.29 is 24.2 Å². The number of amides is 1. The molecule has 1 N–H and O–H groups in total. The molecule has 6 heteroatoms. The first-order valence-corrected chi connectivity index (χ1v) is 11.4. The van der Waals surface area contributed by atoms with Crippen molar-refractivity contribution in [1.29, 1.82) is 0 Å². The average Bonchev–Trinajstić information content (AvgIpc) is 3.24. The van der Waals surface area contributed by atoms with Crippen LogP contribution in [0.2, 0.25) is 0 Å². The van der Waals surface area contributed by atoms with E-state index in [9.17, 15) is 14.7 Å². The predicted molar refractivity (Wildman–Crippen MR) is 120 cm³/mol. The molecule has 0 aromatic heterocycles. The molecule has 3 aliphatic rings. The van der Waals surface area contributed by atoms with Gasteiger partial charge in [0.1, 0.15) is 17.4 Å². The van der Waals surface area contributed by atoms with Crippen LogP contribution in [0.4, 0.5) is 0 Å². The molecule has 3 fully saturated rings. The van der Waals surface area contributed by atoms with Crippen molar-refractivity contribution in [2.45, 2.75) is 44.1 Å². The van der Waals surface area contributed by atoms with Crippen LogP contribution in [0.3, 0.4) is 0 Å². The van der Waals surface area contributed by atoms with Gasteiger partial charge in [0.05, 0.1) is 7.11 Å². The summed E-state index contributed by atoms with van der Waals surface area (Å²) < 4.78 is 10.7. The third-order valence-electron chi connectivity index (χ3n) is 7.54. The second kappa shape index (κ2) is 8.24. The minimum absolute atomic E-state index is 0.166. The Kier molecular flexibility index (Phi) is 5.41. The summed E-state index contributed by atoms with van der Waals surface area (Å²) in [6, 6.07) is 13.7. The van der Waals surface area contributed by atoms with E-state index in [0.717, 1.165) is 49.9 Å². The van der Waals surface area contributed by atoms with Crippen molar-refractivity contribution in [1.82, 2.24) is 4.90 Å². The van der Waals surface area contributed by atoms with Crippen LogP contribution in [-0.4, -0.2) is 54.8 Å². The largest absolute Gasteiger partial charge is 0.496 e. The highest BCUT2D eigenvalue weighted by atomic mass is 16.5. The van der Waals surface area contributed by atoms with Crippen LogP contribution in [0.15, 0.2) is 42.5 Å². The molecule has 5 rings (SSSR count). The van der Waals surface area contributed by atoms with Crippen molar-refractivity contribution in [2.24, 2.45) is 5.41 Å². The summed E-state index contributed by atoms with van der Waals surface area (Å²) >= 11 is 0. The number of carbonyl (C=O) groups excluding carboxylic acids is 1. The fraction of sp³-hybridized carbons (Fsp3) is 0.462. The van der Waals surface area contributed by atoms with Crippen molar-refractivity contribution in [3.8, 4) is 16.9 Å². The molecule has 1 aliphatic carbocycles. The number of hydrogen-bond donors (Lipinski definition) is 1. The number of likely N-dealkylation sites (tertiary alicyclic amines) is 1. The van der Waals surface area contributed by atoms with Crippen LogP contribution in [-0.2, 0) is 9.53 Å². The first-order chi connectivity index (χ1) is 15.5. The first-order valence-electron chi connectivity index (χ1n) is 11.4. The van der Waals surface area contributed by atoms with E-state index in [1.807, 2.05) is 11.0 Å². The lowest BCUT2D eigenvalue weighted by Crippen LogP contribution is -2.44. The van der Waals surface area contributed by atoms with Gasteiger partial charge in [-0.15, -0.1) is 0 Å². The Morgan fingerprint density at radius 2 is 1.81 bits per heavy atom. The number of hydrogen-bond acceptors (Lipinski definition) is 4. The SMILES string of the molecule is COc1ccc(-c2ccc([C@H]3CC34CCN(C(=O)C3CCCO3)CC4)cc2)cc1C(=O)O. The van der Waals surface area contributed by atoms with Gasteiger partial charge < -0.3 is 19.5 Å². The van der Waals surface area contributed by atoms with Crippen LogP contribution in [0, 0.1) is 5.41 Å². The Morgan fingerprint density at radius 3 is 2.44 bits per heavy atom. The molecule has 6 nitrogen and oxygen atoms in total. The molecule has 168 valence electrons. The molecule has 1 amide bonds. The summed E-state index contributed by atoms with van der Waals surface area (Å²) in [4.78, 5) is 26.1. The van der Waals surface area contributed by atoms with Gasteiger partial charge in [0, 0.05) is 19.7 Å². The van der Waals surface area contributed by atoms with Crippen molar-refractivity contribution in [3.05, 3.63) is 53.6 Å². The Labute approximate surface area is 188 Å². The maximum absolute atomic E-state index is 12.6. The molecule has 2 aliphatic heterocycles. The van der Waals surface area contributed by atoms with Gasteiger partial charge in [-0.05, 0) is 72.3 Å². The number of ether oxygens (including phenoxy) is 2. The molecule has 2 atom stereocenters. The number of aromatic carboxylic acids is 1. The van der Waals surface area contributed by atoms with Gasteiger partial charge in [0.2, 0.25) is 0 Å². The highest BCUT2D eigenvalue weighted by Crippen LogP contribution is 2.65. The van der Waals surface area contributed by atoms with E-state index in [2.05, 4.69) is 24.3 Å². The summed E-state index contributed by atoms with van der Waals surface area (Å²) in [6.07, 6.45) is 4.92. The van der Waals surface area contributed by atoms with Gasteiger partial charge >= 0.3 is 5.97 Å². The highest BCUT2D eigenvalue weighted by molar-refractivity contribution is 5.92. The molecular weight excluding hydrogens is 406 g/mol. The smallest absolute Gasteiger partial charge is 0.339 e. The molecule has 1 spiro atoms. The second-order valence-electron chi connectivity index (χ2n) is 9.29. The van der Waals surface area contributed by atoms with E-state index in [1.165, 1.54) is 19.1 Å². The number of nitrogens with zero attached hydrogens (tertiary/aromatic N) is 1. The van der Waals surface area contributed by atoms with Crippen LogP contribution in [0.25, 0.3) is 11.1 Å². The lowest BCUT2D eigenvalue weighted by molar-refractivity contribution is -0.142. The number of piperidine rings is 1. The van der Waals surface area contributed by atoms with Gasteiger partial charge in [-0.1, -0.05) is 30.3 Å². The predicted octanol–water partition coefficient (Wildman–Crippen LogP) is 4.34. The third-order valence-corrected chi connectivity index (χ3v) is 7.54. The summed E-state index contributed by atoms with van der Waals surface area (Å²) in [7, 11) is 1.48. The molecule has 1 saturated carbocycles. The minimum atomic E-state index is -0.996. The van der Waals surface area contributed by atoms with Crippen molar-refractivity contribution in [2.75, 3.05) is 26.8 Å². The average molecular weight is 436 g/mol. The summed E-state index contributed by atoms with van der Waals surface area (Å²) in [5.74, 6) is 0.0905. The number of carbonyl (C=O) groups is 2. The Hall–Kier alpha value is -2.86. The number of benzene rings is 2. The highest BCUT2D eigenvalue weighted by Gasteiger charge is 2.55. The zero-order valence-corrected chi connectivity index (χ0v) is 18.4. The molecule has 32 heavy (non-hydrogen) atoms. The zero-order valence-electron chi connectivity index (χ0n) is 18.4. The lowest BCUT2D eigenvalue weighted by Gasteiger charge is -2.34. The van der Waals surface area contributed by atoms with Crippen LogP contribution >= 0.6 is 0 Å². The maximum Gasteiger partial charge on any atom is 0.339 e. The molecule has 0 bridgehead atoms. The van der Waals surface area contributed by atoms with E-state index in [-0.39, 0.29) is 17.6 Å². The molecular formula is C26H29NO5. The second-order valence-corrected chi connectivity index (χ2v) is 9.29. The van der Waals surface area contributed by atoms with Gasteiger partial charge in [0.15, 0.2) is 0 Å². The summed E-state index contributed by atoms with van der Waals surface area (Å²) in [5, 5.41) is 9.44. The zero-order chi connectivity index (χ0) is 22.3. The van der Waals surface area contributed by atoms with Crippen LogP contribution in [0.1, 0.15) is 53.9 Å². The normalized spacial score (nSPS) is 23.8. The van der Waals surface area contributed by atoms with Gasteiger partial charge in [0.25, 0.3) is 5.91 Å². The standard InChI is InChI=1S/C26H29NO5/c1-31-22-9-8-19(15-20(22)25(29)30)17-4-6-18(7-5-17)21-16-26(21)10-12-27(13-11-26)24(28)23-3-2-14-32-23/h4-9,15,21,23H,2-3,10-14,16H2,1H3,(H,29,30)/t21-,23?/m1/s1. The third kappa shape index (κ3) is 3.77. The van der Waals surface area contributed by atoms with E-state index in [4.69, 9.17) is 9.47 Å². The number of carboxylic acid groups (broad SMARTS) is 1. The van der Waals surface area contributed by atoms with Gasteiger partial charge in [-0.3, -0.25) is 4.79 Å². The monoisotopic (exact) mass is 435 g/mol. The molecule has 2 aromatic carbocycles. The number of methoxy groups -OCH3 is 1. The van der Waals surface area contributed by atoms with E-state index >= 15 is 0 Å². The lowest BCUT2D eigenvalue weighted by atomic mass is 9.88. The molecule has 2 heterocycles. The molecule has 2 aromatic rings. The van der Waals surface area contributed by atoms with Gasteiger partial charge in [-0.25, -0.2) is 4.79 Å². The minimum Gasteiger partial charge on any atom is -0.496 e. The van der Waals surface area contributed by atoms with E-state index in [0.29, 0.717) is 23.7 Å². The molecule has 0 radical (unpaired) electrons. The number of carboxylic acids is 1. The first kappa shape index (κ1) is 21.0. The molecule has 2 saturated heterocycles. The quantitative estimate of drug-likeness (QED) is 0.756. The van der Waals surface area contributed by atoms with E-state index in [1.54, 1.807) is 12.1 Å². The fourth-order valence-corrected chi connectivity index (χ4v) is 5.48. The Morgan fingerprint density at radius 1 is 1.09 bits per heavy atom. The summed E-state index contributed by atoms with van der Waals surface area (Å²) in [6.45, 7) is 2.37.